The van der Waals surface area contributed by atoms with Crippen LogP contribution in [-0.2, 0) is 14.8 Å². The highest BCUT2D eigenvalue weighted by molar-refractivity contribution is 7.92. The van der Waals surface area contributed by atoms with Crippen molar-refractivity contribution in [2.75, 3.05) is 11.9 Å². The Balaban J connectivity index is 1.83. The minimum atomic E-state index is -3.89. The molecular weight excluding hydrogens is 328 g/mol. The molecule has 2 aromatic rings. The summed E-state index contributed by atoms with van der Waals surface area (Å²) in [5, 5.41) is 4.19. The molecule has 2 heterocycles. The van der Waals surface area contributed by atoms with Crippen molar-refractivity contribution < 1.29 is 22.7 Å². The zero-order valence-electron chi connectivity index (χ0n) is 11.0. The number of hydrogen-bond acceptors (Lipinski definition) is 6. The Bertz CT molecular complexity index is 843. The predicted molar refractivity (Wildman–Crippen MR) is 79.5 cm³/mol. The van der Waals surface area contributed by atoms with E-state index in [1.54, 1.807) is 11.4 Å². The SMILES string of the molecule is O=C1COc2cc(C(=O)NS(=O)(=O)c3cccs3)ccc2N1. The number of nitrogens with one attached hydrogen (secondary N) is 2. The summed E-state index contributed by atoms with van der Waals surface area (Å²) in [6.45, 7) is -0.147. The molecule has 0 aliphatic carbocycles. The van der Waals surface area contributed by atoms with Crippen LogP contribution in [0.2, 0.25) is 0 Å². The fourth-order valence-corrected chi connectivity index (χ4v) is 3.83. The van der Waals surface area contributed by atoms with Crippen LogP contribution >= 0.6 is 11.3 Å². The van der Waals surface area contributed by atoms with Gasteiger partial charge in [-0.15, -0.1) is 11.3 Å². The van der Waals surface area contributed by atoms with Gasteiger partial charge in [0, 0.05) is 5.56 Å². The number of thiophene rings is 1. The van der Waals surface area contributed by atoms with Crippen LogP contribution in [0, 0.1) is 0 Å². The lowest BCUT2D eigenvalue weighted by atomic mass is 10.1. The van der Waals surface area contributed by atoms with Crippen LogP contribution < -0.4 is 14.8 Å². The van der Waals surface area contributed by atoms with Crippen LogP contribution in [0.25, 0.3) is 0 Å². The first-order chi connectivity index (χ1) is 10.5. The van der Waals surface area contributed by atoms with Crippen LogP contribution in [0.5, 0.6) is 5.75 Å². The smallest absolute Gasteiger partial charge is 0.273 e. The molecule has 1 aliphatic heterocycles. The summed E-state index contributed by atoms with van der Waals surface area (Å²) in [4.78, 5) is 23.2. The van der Waals surface area contributed by atoms with Crippen molar-refractivity contribution >= 4 is 38.9 Å². The summed E-state index contributed by atoms with van der Waals surface area (Å²) < 4.78 is 31.2. The van der Waals surface area contributed by atoms with Crippen molar-refractivity contribution in [1.82, 2.24) is 4.72 Å². The molecular formula is C13H10N2O5S2. The molecule has 0 saturated heterocycles. The predicted octanol–water partition coefficient (Wildman–Crippen LogP) is 1.20. The molecule has 22 heavy (non-hydrogen) atoms. The molecule has 2 N–H and O–H groups in total. The molecule has 0 unspecified atom stereocenters. The van der Waals surface area contributed by atoms with E-state index in [-0.39, 0.29) is 22.3 Å². The molecule has 0 spiro atoms. The monoisotopic (exact) mass is 338 g/mol. The van der Waals surface area contributed by atoms with Gasteiger partial charge in [-0.25, -0.2) is 13.1 Å². The summed E-state index contributed by atoms with van der Waals surface area (Å²) in [5.41, 5.74) is 0.559. The highest BCUT2D eigenvalue weighted by atomic mass is 32.2. The first-order valence-corrected chi connectivity index (χ1v) is 8.49. The van der Waals surface area contributed by atoms with Crippen LogP contribution in [0.3, 0.4) is 0 Å². The highest BCUT2D eigenvalue weighted by Crippen LogP contribution is 2.28. The molecule has 2 amide bonds. The minimum Gasteiger partial charge on any atom is -0.482 e. The van der Waals surface area contributed by atoms with Crippen LogP contribution in [0.4, 0.5) is 5.69 Å². The van der Waals surface area contributed by atoms with Crippen LogP contribution in [0.1, 0.15) is 10.4 Å². The van der Waals surface area contributed by atoms with Crippen molar-refractivity contribution in [3.8, 4) is 5.75 Å². The molecule has 1 aromatic carbocycles. The first-order valence-electron chi connectivity index (χ1n) is 6.13. The maximum Gasteiger partial charge on any atom is 0.273 e. The van der Waals surface area contributed by atoms with Gasteiger partial charge in [-0.1, -0.05) is 6.07 Å². The molecule has 1 aromatic heterocycles. The third kappa shape index (κ3) is 2.81. The van der Waals surface area contributed by atoms with Gasteiger partial charge in [0.05, 0.1) is 5.69 Å². The number of ether oxygens (including phenoxy) is 1. The molecule has 9 heteroatoms. The van der Waals surface area contributed by atoms with Gasteiger partial charge in [0.1, 0.15) is 9.96 Å². The minimum absolute atomic E-state index is 0.0577. The van der Waals surface area contributed by atoms with E-state index in [1.165, 1.54) is 24.3 Å². The number of rotatable bonds is 3. The number of sulfonamides is 1. The lowest BCUT2D eigenvalue weighted by molar-refractivity contribution is -0.118. The number of fused-ring (bicyclic) bond motifs is 1. The maximum atomic E-state index is 12.1. The van der Waals surface area contributed by atoms with Gasteiger partial charge in [-0.2, -0.15) is 0 Å². The summed E-state index contributed by atoms with van der Waals surface area (Å²) in [7, 11) is -3.89. The Labute approximate surface area is 130 Å². The lowest BCUT2D eigenvalue weighted by Crippen LogP contribution is -2.30. The van der Waals surface area contributed by atoms with Gasteiger partial charge in [0.25, 0.3) is 21.8 Å². The molecule has 1 aliphatic rings. The molecule has 0 radical (unpaired) electrons. The number of anilines is 1. The van der Waals surface area contributed by atoms with E-state index in [4.69, 9.17) is 4.74 Å². The van der Waals surface area contributed by atoms with Crippen molar-refractivity contribution in [1.29, 1.82) is 0 Å². The topological polar surface area (TPSA) is 102 Å². The number of hydrogen-bond donors (Lipinski definition) is 2. The second-order valence-corrected chi connectivity index (χ2v) is 7.27. The normalized spacial score (nSPS) is 13.7. The first kappa shape index (κ1) is 14.5. The fourth-order valence-electron chi connectivity index (χ4n) is 1.86. The Kier molecular flexibility index (Phi) is 3.59. The maximum absolute atomic E-state index is 12.1. The van der Waals surface area contributed by atoms with Crippen LogP contribution in [-0.4, -0.2) is 26.8 Å². The third-order valence-electron chi connectivity index (χ3n) is 2.86. The number of benzene rings is 1. The number of amides is 2. The zero-order chi connectivity index (χ0) is 15.7. The van der Waals surface area contributed by atoms with E-state index < -0.39 is 15.9 Å². The molecule has 3 rings (SSSR count). The molecule has 0 atom stereocenters. The zero-order valence-corrected chi connectivity index (χ0v) is 12.7. The average molecular weight is 338 g/mol. The Hall–Kier alpha value is -2.39. The fraction of sp³-hybridized carbons (Fsp3) is 0.0769. The second-order valence-electron chi connectivity index (χ2n) is 4.41. The van der Waals surface area contributed by atoms with Crippen molar-refractivity contribution in [2.24, 2.45) is 0 Å². The van der Waals surface area contributed by atoms with Gasteiger partial charge < -0.3 is 10.1 Å². The summed E-state index contributed by atoms with van der Waals surface area (Å²) in [5.74, 6) is -0.734. The Morgan fingerprint density at radius 3 is 2.86 bits per heavy atom. The van der Waals surface area contributed by atoms with Gasteiger partial charge >= 0.3 is 0 Å². The van der Waals surface area contributed by atoms with Crippen molar-refractivity contribution in [3.05, 3.63) is 41.3 Å². The van der Waals surface area contributed by atoms with E-state index in [0.717, 1.165) is 11.3 Å². The van der Waals surface area contributed by atoms with E-state index in [1.807, 2.05) is 4.72 Å². The summed E-state index contributed by atoms with van der Waals surface area (Å²) >= 11 is 1.02. The van der Waals surface area contributed by atoms with E-state index in [2.05, 4.69) is 5.32 Å². The molecule has 7 nitrogen and oxygen atoms in total. The summed E-state index contributed by atoms with van der Waals surface area (Å²) in [6.07, 6.45) is 0. The van der Waals surface area contributed by atoms with E-state index in [0.29, 0.717) is 11.4 Å². The largest absolute Gasteiger partial charge is 0.482 e. The van der Waals surface area contributed by atoms with Gasteiger partial charge in [0.15, 0.2) is 6.61 Å². The Morgan fingerprint density at radius 2 is 2.14 bits per heavy atom. The van der Waals surface area contributed by atoms with E-state index in [9.17, 15) is 18.0 Å². The molecule has 0 fully saturated rings. The number of carbonyl (C=O) groups is 2. The quantitative estimate of drug-likeness (QED) is 0.875. The van der Waals surface area contributed by atoms with Crippen LogP contribution in [0.15, 0.2) is 39.9 Å². The Morgan fingerprint density at radius 1 is 1.32 bits per heavy atom. The standard InChI is InChI=1S/C13H10N2O5S2/c16-11-7-20-10-6-8(3-4-9(10)14-11)13(17)15-22(18,19)12-2-1-5-21-12/h1-6H,7H2,(H,14,16)(H,15,17). The molecule has 0 bridgehead atoms. The second kappa shape index (κ2) is 5.43. The number of carbonyl (C=O) groups excluding carboxylic acids is 2. The van der Waals surface area contributed by atoms with Gasteiger partial charge in [0.2, 0.25) is 0 Å². The van der Waals surface area contributed by atoms with Gasteiger partial charge in [-0.3, -0.25) is 9.59 Å². The summed E-state index contributed by atoms with van der Waals surface area (Å²) in [6, 6.07) is 7.27. The van der Waals surface area contributed by atoms with E-state index >= 15 is 0 Å². The highest BCUT2D eigenvalue weighted by Gasteiger charge is 2.22. The van der Waals surface area contributed by atoms with Crippen molar-refractivity contribution in [3.63, 3.8) is 0 Å². The van der Waals surface area contributed by atoms with Gasteiger partial charge in [-0.05, 0) is 29.6 Å². The average Bonchev–Trinajstić information content (AvgIpc) is 3.01. The third-order valence-corrected chi connectivity index (χ3v) is 5.59. The molecule has 0 saturated carbocycles. The van der Waals surface area contributed by atoms with Crippen molar-refractivity contribution in [2.45, 2.75) is 4.21 Å². The molecule has 114 valence electrons. The lowest BCUT2D eigenvalue weighted by Gasteiger charge is -2.18.